The zero-order chi connectivity index (χ0) is 16.4. The number of thiazole rings is 1. The van der Waals surface area contributed by atoms with E-state index in [-0.39, 0.29) is 11.7 Å². The molecule has 10 heteroatoms. The van der Waals surface area contributed by atoms with E-state index in [9.17, 15) is 9.59 Å². The van der Waals surface area contributed by atoms with E-state index in [0.717, 1.165) is 16.3 Å². The molecule has 2 amide bonds. The highest BCUT2D eigenvalue weighted by Crippen LogP contribution is 2.25. The van der Waals surface area contributed by atoms with E-state index in [0.29, 0.717) is 20.8 Å². The maximum atomic E-state index is 12.2. The first-order chi connectivity index (χ1) is 11.0. The fraction of sp³-hybridized carbons (Fsp3) is 0.154. The lowest BCUT2D eigenvalue weighted by Crippen LogP contribution is -2.11. The molecule has 0 atom stereocenters. The van der Waals surface area contributed by atoms with Crippen LogP contribution in [0.15, 0.2) is 22.8 Å². The van der Waals surface area contributed by atoms with Crippen LogP contribution < -0.4 is 10.6 Å². The van der Waals surface area contributed by atoms with Crippen LogP contribution in [0.3, 0.4) is 0 Å². The number of furan rings is 1. The molecule has 0 radical (unpaired) electrons. The number of amides is 2. The van der Waals surface area contributed by atoms with E-state index in [2.05, 4.69) is 25.8 Å². The largest absolute Gasteiger partial charge is 0.459 e. The Morgan fingerprint density at radius 2 is 1.87 bits per heavy atom. The van der Waals surface area contributed by atoms with E-state index >= 15 is 0 Å². The van der Waals surface area contributed by atoms with Gasteiger partial charge in [0.1, 0.15) is 9.88 Å². The first-order valence-corrected chi connectivity index (χ1v) is 8.10. The fourth-order valence-electron chi connectivity index (χ4n) is 1.73. The van der Waals surface area contributed by atoms with Gasteiger partial charge in [-0.05, 0) is 26.0 Å². The lowest BCUT2D eigenvalue weighted by molar-refractivity contribution is 0.0994. The van der Waals surface area contributed by atoms with Crippen LogP contribution in [0, 0.1) is 13.8 Å². The molecular formula is C13H11N5O3S2. The molecule has 0 spiro atoms. The summed E-state index contributed by atoms with van der Waals surface area (Å²) in [5.74, 6) is -0.585. The second-order valence-electron chi connectivity index (χ2n) is 4.45. The van der Waals surface area contributed by atoms with Gasteiger partial charge in [0.05, 0.1) is 12.0 Å². The standard InChI is InChI=1S/C13H11N5O3S2/c1-6-9(11(20)16-13-18-17-7(2)22-13)23-12(14-6)15-10(19)8-4-3-5-21-8/h3-5H,1-2H3,(H,14,15,19)(H,16,18,20). The van der Waals surface area contributed by atoms with E-state index in [1.807, 2.05) is 0 Å². The molecule has 118 valence electrons. The lowest BCUT2D eigenvalue weighted by atomic mass is 10.4. The van der Waals surface area contributed by atoms with Crippen LogP contribution in [-0.2, 0) is 0 Å². The summed E-state index contributed by atoms with van der Waals surface area (Å²) in [7, 11) is 0. The van der Waals surface area contributed by atoms with Crippen LogP contribution in [0.25, 0.3) is 0 Å². The number of hydrogen-bond acceptors (Lipinski definition) is 8. The molecule has 3 heterocycles. The Hall–Kier alpha value is -2.59. The summed E-state index contributed by atoms with van der Waals surface area (Å²) in [6, 6.07) is 3.16. The Labute approximate surface area is 138 Å². The van der Waals surface area contributed by atoms with Crippen molar-refractivity contribution >= 4 is 44.8 Å². The molecule has 0 fully saturated rings. The van der Waals surface area contributed by atoms with Gasteiger partial charge in [0, 0.05) is 0 Å². The van der Waals surface area contributed by atoms with Crippen molar-refractivity contribution in [3.63, 3.8) is 0 Å². The van der Waals surface area contributed by atoms with Gasteiger partial charge in [-0.25, -0.2) is 4.98 Å². The third-order valence-corrected chi connectivity index (χ3v) is 4.54. The molecule has 3 aromatic heterocycles. The minimum Gasteiger partial charge on any atom is -0.459 e. The summed E-state index contributed by atoms with van der Waals surface area (Å²) >= 11 is 2.36. The first-order valence-electron chi connectivity index (χ1n) is 6.46. The van der Waals surface area contributed by atoms with Crippen molar-refractivity contribution in [2.45, 2.75) is 13.8 Å². The van der Waals surface area contributed by atoms with Crippen LogP contribution in [0.4, 0.5) is 10.3 Å². The highest BCUT2D eigenvalue weighted by molar-refractivity contribution is 7.18. The van der Waals surface area contributed by atoms with Crippen molar-refractivity contribution in [1.82, 2.24) is 15.2 Å². The molecule has 0 aliphatic heterocycles. The highest BCUT2D eigenvalue weighted by atomic mass is 32.1. The van der Waals surface area contributed by atoms with Crippen LogP contribution >= 0.6 is 22.7 Å². The third-order valence-electron chi connectivity index (χ3n) is 2.71. The van der Waals surface area contributed by atoms with Gasteiger partial charge in [0.2, 0.25) is 5.13 Å². The van der Waals surface area contributed by atoms with Gasteiger partial charge in [-0.15, -0.1) is 10.2 Å². The monoisotopic (exact) mass is 349 g/mol. The van der Waals surface area contributed by atoms with E-state index in [1.165, 1.54) is 17.6 Å². The van der Waals surface area contributed by atoms with Gasteiger partial charge in [-0.1, -0.05) is 22.7 Å². The number of aromatic nitrogens is 3. The Morgan fingerprint density at radius 1 is 1.09 bits per heavy atom. The number of anilines is 2. The molecule has 0 aliphatic rings. The molecule has 0 saturated carbocycles. The summed E-state index contributed by atoms with van der Waals surface area (Å²) in [5, 5.41) is 14.4. The fourth-order valence-corrected chi connectivity index (χ4v) is 3.17. The van der Waals surface area contributed by atoms with Gasteiger partial charge < -0.3 is 4.42 Å². The number of nitrogens with one attached hydrogen (secondary N) is 2. The third kappa shape index (κ3) is 3.43. The van der Waals surface area contributed by atoms with Gasteiger partial charge in [0.25, 0.3) is 11.8 Å². The van der Waals surface area contributed by atoms with Crippen molar-refractivity contribution in [2.24, 2.45) is 0 Å². The highest BCUT2D eigenvalue weighted by Gasteiger charge is 2.19. The molecule has 0 aliphatic carbocycles. The summed E-state index contributed by atoms with van der Waals surface area (Å²) in [5.41, 5.74) is 0.517. The molecule has 2 N–H and O–H groups in total. The average Bonchev–Trinajstić information content (AvgIpc) is 3.21. The Morgan fingerprint density at radius 3 is 2.52 bits per heavy atom. The SMILES string of the molecule is Cc1nnc(NC(=O)c2sc(NC(=O)c3ccco3)nc2C)s1. The van der Waals surface area contributed by atoms with Crippen molar-refractivity contribution in [3.8, 4) is 0 Å². The number of rotatable bonds is 4. The summed E-state index contributed by atoms with van der Waals surface area (Å²) in [4.78, 5) is 28.7. The van der Waals surface area contributed by atoms with Gasteiger partial charge in [0.15, 0.2) is 10.9 Å². The van der Waals surface area contributed by atoms with Gasteiger partial charge in [-0.2, -0.15) is 0 Å². The molecular weight excluding hydrogens is 338 g/mol. The number of aryl methyl sites for hydroxylation is 2. The molecule has 0 unspecified atom stereocenters. The van der Waals surface area contributed by atoms with Crippen LogP contribution in [0.2, 0.25) is 0 Å². The summed E-state index contributed by atoms with van der Waals surface area (Å²) in [6.45, 7) is 3.49. The van der Waals surface area contributed by atoms with Crippen molar-refractivity contribution in [1.29, 1.82) is 0 Å². The Kier molecular flexibility index (Phi) is 4.17. The van der Waals surface area contributed by atoms with Crippen LogP contribution in [-0.4, -0.2) is 27.0 Å². The summed E-state index contributed by atoms with van der Waals surface area (Å²) in [6.07, 6.45) is 1.41. The topological polar surface area (TPSA) is 110 Å². The molecule has 3 aromatic rings. The quantitative estimate of drug-likeness (QED) is 0.749. The van der Waals surface area contributed by atoms with E-state index < -0.39 is 5.91 Å². The average molecular weight is 349 g/mol. The van der Waals surface area contributed by atoms with Crippen LogP contribution in [0.5, 0.6) is 0 Å². The summed E-state index contributed by atoms with van der Waals surface area (Å²) < 4.78 is 5.01. The van der Waals surface area contributed by atoms with E-state index in [1.54, 1.807) is 26.0 Å². The number of carbonyl (C=O) groups is 2. The minimum absolute atomic E-state index is 0.174. The van der Waals surface area contributed by atoms with E-state index in [4.69, 9.17) is 4.42 Å². The zero-order valence-electron chi connectivity index (χ0n) is 12.1. The Bertz CT molecular complexity index is 853. The molecule has 23 heavy (non-hydrogen) atoms. The molecule has 0 bridgehead atoms. The maximum absolute atomic E-state index is 12.2. The minimum atomic E-state index is -0.421. The normalized spacial score (nSPS) is 10.5. The molecule has 8 nitrogen and oxygen atoms in total. The number of carbonyl (C=O) groups excluding carboxylic acids is 2. The molecule has 0 saturated heterocycles. The van der Waals surface area contributed by atoms with Gasteiger partial charge >= 0.3 is 0 Å². The number of nitrogens with zero attached hydrogens (tertiary/aromatic N) is 3. The zero-order valence-corrected chi connectivity index (χ0v) is 13.7. The molecule has 0 aromatic carbocycles. The van der Waals surface area contributed by atoms with Crippen molar-refractivity contribution in [3.05, 3.63) is 39.7 Å². The Balaban J connectivity index is 1.72. The van der Waals surface area contributed by atoms with Crippen LogP contribution in [0.1, 0.15) is 30.9 Å². The first kappa shape index (κ1) is 15.3. The number of hydrogen-bond donors (Lipinski definition) is 2. The van der Waals surface area contributed by atoms with Crippen molar-refractivity contribution in [2.75, 3.05) is 10.6 Å². The molecule has 3 rings (SSSR count). The smallest absolute Gasteiger partial charge is 0.293 e. The maximum Gasteiger partial charge on any atom is 0.293 e. The van der Waals surface area contributed by atoms with Crippen molar-refractivity contribution < 1.29 is 14.0 Å². The lowest BCUT2D eigenvalue weighted by Gasteiger charge is -1.98. The van der Waals surface area contributed by atoms with Gasteiger partial charge in [-0.3, -0.25) is 20.2 Å². The second-order valence-corrected chi connectivity index (χ2v) is 6.63. The predicted molar refractivity (Wildman–Crippen MR) is 86.1 cm³/mol. The second kappa shape index (κ2) is 6.26. The predicted octanol–water partition coefficient (Wildman–Crippen LogP) is 2.71.